The second-order valence-corrected chi connectivity index (χ2v) is 8.91. The number of benzene rings is 2. The molecule has 0 amide bonds. The zero-order valence-electron chi connectivity index (χ0n) is 21.2. The molecule has 0 bridgehead atoms. The number of piperazine rings is 1. The molecule has 37 heavy (non-hydrogen) atoms. The predicted molar refractivity (Wildman–Crippen MR) is 147 cm³/mol. The minimum Gasteiger partial charge on any atom is -0.354 e. The van der Waals surface area contributed by atoms with Gasteiger partial charge in [0, 0.05) is 31.7 Å². The molecule has 0 spiro atoms. The van der Waals surface area contributed by atoms with E-state index in [9.17, 15) is 14.9 Å². The first kappa shape index (κ1) is 26.1. The SMILES string of the molecule is CC.Cc1cccc(C(=O)Cn2cnc3c(C#N)c(N4CCNCC4)n(-c4ccccc4Cl)c3c2=O)c1. The first-order valence-corrected chi connectivity index (χ1v) is 12.7. The van der Waals surface area contributed by atoms with Crippen molar-refractivity contribution >= 4 is 34.2 Å². The molecule has 9 heteroatoms. The van der Waals surface area contributed by atoms with Gasteiger partial charge in [-0.05, 0) is 25.1 Å². The molecule has 0 saturated carbocycles. The summed E-state index contributed by atoms with van der Waals surface area (Å²) >= 11 is 6.58. The van der Waals surface area contributed by atoms with Crippen molar-refractivity contribution in [1.82, 2.24) is 19.4 Å². The van der Waals surface area contributed by atoms with E-state index in [1.165, 1.54) is 10.9 Å². The maximum atomic E-state index is 13.8. The van der Waals surface area contributed by atoms with Crippen LogP contribution in [0.5, 0.6) is 0 Å². The van der Waals surface area contributed by atoms with Gasteiger partial charge in [0.1, 0.15) is 28.5 Å². The third-order valence-electron chi connectivity index (χ3n) is 6.19. The summed E-state index contributed by atoms with van der Waals surface area (Å²) in [7, 11) is 0. The maximum absolute atomic E-state index is 13.8. The van der Waals surface area contributed by atoms with Crippen molar-refractivity contribution in [3.05, 3.63) is 86.9 Å². The molecular formula is C28H29ClN6O2. The number of aryl methyl sites for hydroxylation is 1. The van der Waals surface area contributed by atoms with Crippen molar-refractivity contribution in [3.63, 3.8) is 0 Å². The number of anilines is 1. The summed E-state index contributed by atoms with van der Waals surface area (Å²) in [5, 5.41) is 13.9. The monoisotopic (exact) mass is 516 g/mol. The van der Waals surface area contributed by atoms with Gasteiger partial charge in [-0.2, -0.15) is 5.26 Å². The van der Waals surface area contributed by atoms with Gasteiger partial charge in [-0.25, -0.2) is 4.98 Å². The molecule has 1 fully saturated rings. The van der Waals surface area contributed by atoms with Crippen LogP contribution >= 0.6 is 11.6 Å². The number of aromatic nitrogens is 3. The minimum absolute atomic E-state index is 0.163. The first-order valence-electron chi connectivity index (χ1n) is 12.3. The van der Waals surface area contributed by atoms with Crippen molar-refractivity contribution in [2.24, 2.45) is 0 Å². The Bertz CT molecular complexity index is 1540. The summed E-state index contributed by atoms with van der Waals surface area (Å²) in [5.41, 5.74) is 2.50. The molecule has 0 atom stereocenters. The van der Waals surface area contributed by atoms with E-state index in [-0.39, 0.29) is 17.8 Å². The average Bonchev–Trinajstić information content (AvgIpc) is 3.27. The van der Waals surface area contributed by atoms with Crippen LogP contribution in [0.1, 0.15) is 35.3 Å². The van der Waals surface area contributed by atoms with Crippen LogP contribution in [0.25, 0.3) is 16.7 Å². The molecule has 0 radical (unpaired) electrons. The number of carbonyl (C=O) groups excluding carboxylic acids is 1. The molecule has 1 aliphatic heterocycles. The van der Waals surface area contributed by atoms with Gasteiger partial charge in [-0.1, -0.05) is 61.3 Å². The van der Waals surface area contributed by atoms with Gasteiger partial charge in [-0.15, -0.1) is 0 Å². The molecule has 8 nitrogen and oxygen atoms in total. The Hall–Kier alpha value is -3.93. The number of halogens is 1. The Morgan fingerprint density at radius 3 is 2.54 bits per heavy atom. The lowest BCUT2D eigenvalue weighted by atomic mass is 10.1. The second-order valence-electron chi connectivity index (χ2n) is 8.50. The lowest BCUT2D eigenvalue weighted by Crippen LogP contribution is -2.44. The van der Waals surface area contributed by atoms with E-state index in [4.69, 9.17) is 11.6 Å². The fraction of sp³-hybridized carbons (Fsp3) is 0.286. The van der Waals surface area contributed by atoms with Crippen LogP contribution in [0.15, 0.2) is 59.7 Å². The Balaban J connectivity index is 0.00000156. The number of fused-ring (bicyclic) bond motifs is 1. The Morgan fingerprint density at radius 2 is 1.86 bits per heavy atom. The number of rotatable bonds is 5. The van der Waals surface area contributed by atoms with Crippen molar-refractivity contribution in [1.29, 1.82) is 5.26 Å². The minimum atomic E-state index is -0.409. The number of nitriles is 1. The summed E-state index contributed by atoms with van der Waals surface area (Å²) in [6, 6.07) is 16.7. The highest BCUT2D eigenvalue weighted by molar-refractivity contribution is 6.32. The van der Waals surface area contributed by atoms with Crippen molar-refractivity contribution in [3.8, 4) is 11.8 Å². The van der Waals surface area contributed by atoms with Gasteiger partial charge < -0.3 is 10.2 Å². The predicted octanol–water partition coefficient (Wildman–Crippen LogP) is 4.34. The fourth-order valence-electron chi connectivity index (χ4n) is 4.51. The smallest absolute Gasteiger partial charge is 0.278 e. The number of nitrogens with one attached hydrogen (secondary N) is 1. The van der Waals surface area contributed by atoms with Crippen molar-refractivity contribution in [2.75, 3.05) is 31.1 Å². The molecule has 2 aromatic heterocycles. The highest BCUT2D eigenvalue weighted by atomic mass is 35.5. The number of para-hydroxylation sites is 1. The van der Waals surface area contributed by atoms with E-state index in [2.05, 4.69) is 21.3 Å². The fourth-order valence-corrected chi connectivity index (χ4v) is 4.73. The number of nitrogens with zero attached hydrogens (tertiary/aromatic N) is 5. The van der Waals surface area contributed by atoms with E-state index < -0.39 is 5.56 Å². The molecule has 1 N–H and O–H groups in total. The first-order chi connectivity index (χ1) is 18.0. The van der Waals surface area contributed by atoms with E-state index in [1.54, 1.807) is 22.8 Å². The van der Waals surface area contributed by atoms with Crippen LogP contribution in [0.2, 0.25) is 5.02 Å². The normalized spacial score (nSPS) is 13.1. The molecule has 2 aromatic carbocycles. The highest BCUT2D eigenvalue weighted by Gasteiger charge is 2.28. The average molecular weight is 517 g/mol. The standard InChI is InChI=1S/C26H23ClN6O2.C2H6/c1-17-5-4-6-18(13-17)22(34)15-32-16-30-23-19(14-28)25(31-11-9-29-10-12-31)33(24(23)26(32)35)21-8-3-2-7-20(21)27;1-2/h2-8,13,16,29H,9-12,15H2,1H3;1-2H3. The van der Waals surface area contributed by atoms with Crippen LogP contribution in [0.3, 0.4) is 0 Å². The quantitative estimate of drug-likeness (QED) is 0.396. The third-order valence-corrected chi connectivity index (χ3v) is 6.51. The van der Waals surface area contributed by atoms with Crippen LogP contribution in [0.4, 0.5) is 5.82 Å². The van der Waals surface area contributed by atoms with Crippen molar-refractivity contribution < 1.29 is 4.79 Å². The molecule has 0 aliphatic carbocycles. The van der Waals surface area contributed by atoms with E-state index in [1.807, 2.05) is 51.1 Å². The van der Waals surface area contributed by atoms with Gasteiger partial charge in [0.2, 0.25) is 0 Å². The maximum Gasteiger partial charge on any atom is 0.278 e. The number of hydrogen-bond acceptors (Lipinski definition) is 6. The lowest BCUT2D eigenvalue weighted by molar-refractivity contribution is 0.0970. The number of carbonyl (C=O) groups is 1. The van der Waals surface area contributed by atoms with Gasteiger partial charge in [0.15, 0.2) is 5.78 Å². The summed E-state index contributed by atoms with van der Waals surface area (Å²) in [6.07, 6.45) is 1.34. The second kappa shape index (κ2) is 11.4. The summed E-state index contributed by atoms with van der Waals surface area (Å²) in [5.74, 6) is 0.389. The molecule has 190 valence electrons. The zero-order chi connectivity index (χ0) is 26.5. The Kier molecular flexibility index (Phi) is 8.07. The zero-order valence-corrected chi connectivity index (χ0v) is 21.9. The molecule has 0 unspecified atom stereocenters. The Labute approximate surface area is 220 Å². The topological polar surface area (TPSA) is 95.9 Å². The molecule has 4 aromatic rings. The van der Waals surface area contributed by atoms with Crippen molar-refractivity contribution in [2.45, 2.75) is 27.3 Å². The number of ketones is 1. The van der Waals surface area contributed by atoms with Crippen LogP contribution in [-0.4, -0.2) is 46.1 Å². The lowest BCUT2D eigenvalue weighted by Gasteiger charge is -2.30. The molecule has 5 rings (SSSR count). The molecule has 1 aliphatic rings. The third kappa shape index (κ3) is 5.01. The van der Waals surface area contributed by atoms with E-state index in [0.29, 0.717) is 46.3 Å². The van der Waals surface area contributed by atoms with E-state index >= 15 is 0 Å². The summed E-state index contributed by atoms with van der Waals surface area (Å²) in [4.78, 5) is 33.3. The highest BCUT2D eigenvalue weighted by Crippen LogP contribution is 2.35. The summed E-state index contributed by atoms with van der Waals surface area (Å²) in [6.45, 7) is 8.57. The van der Waals surface area contributed by atoms with Crippen LogP contribution < -0.4 is 15.8 Å². The Morgan fingerprint density at radius 1 is 1.14 bits per heavy atom. The van der Waals surface area contributed by atoms with Gasteiger partial charge in [0.25, 0.3) is 5.56 Å². The number of Topliss-reactive ketones (excluding diaryl/α,β-unsaturated/α-hetero) is 1. The molecule has 1 saturated heterocycles. The van der Waals surface area contributed by atoms with Crippen LogP contribution in [-0.2, 0) is 6.54 Å². The van der Waals surface area contributed by atoms with Gasteiger partial charge in [-0.3, -0.25) is 18.7 Å². The number of hydrogen-bond donors (Lipinski definition) is 1. The van der Waals surface area contributed by atoms with Gasteiger partial charge >= 0.3 is 0 Å². The van der Waals surface area contributed by atoms with Crippen LogP contribution in [0, 0.1) is 18.3 Å². The molecule has 3 heterocycles. The molecular weight excluding hydrogens is 488 g/mol. The van der Waals surface area contributed by atoms with E-state index in [0.717, 1.165) is 18.7 Å². The largest absolute Gasteiger partial charge is 0.354 e. The summed E-state index contributed by atoms with van der Waals surface area (Å²) < 4.78 is 3.02. The van der Waals surface area contributed by atoms with Gasteiger partial charge in [0.05, 0.1) is 23.6 Å².